The molecule has 0 unspecified atom stereocenters. The number of aromatic nitrogens is 20. The van der Waals surface area contributed by atoms with E-state index in [4.69, 9.17) is 32.7 Å². The van der Waals surface area contributed by atoms with Crippen LogP contribution >= 0.6 is 23.2 Å². The van der Waals surface area contributed by atoms with E-state index in [1.807, 2.05) is 171 Å². The molecule has 0 bridgehead atoms. The van der Waals surface area contributed by atoms with Crippen LogP contribution in [0.3, 0.4) is 0 Å². The lowest BCUT2D eigenvalue weighted by atomic mass is 10.0. The number of para-hydroxylation sites is 4. The summed E-state index contributed by atoms with van der Waals surface area (Å²) in [6.07, 6.45) is -6.22. The minimum Gasteiger partial charge on any atom is -0.474 e. The predicted octanol–water partition coefficient (Wildman–Crippen LogP) is 15.9. The lowest BCUT2D eigenvalue weighted by Gasteiger charge is -2.16. The molecule has 8 N–H and O–H groups in total. The van der Waals surface area contributed by atoms with Gasteiger partial charge in [-0.2, -0.15) is 56.9 Å². The van der Waals surface area contributed by atoms with Crippen molar-refractivity contribution >= 4 is 114 Å². The SMILES string of the molecule is CN(C)CCOc1nnc(Nc2n[nH]c3ccccc23)nc1-c1ccccc1C(F)(F)F.CN(C)CCOc1nnc(Nc2n[nH]c3ccccc23)nc1-c1ccccc1Cl.Clc1ccccc1-c1nncc(Nc2n[nH]c3ccccc23)n1.FC(F)(F)c1ccccc1-c1nncc(Nc2n[nH]c3ccccc23)n1. The first-order chi connectivity index (χ1) is 53.3. The Morgan fingerprint density at radius 1 is 0.364 bits per heavy atom. The highest BCUT2D eigenvalue weighted by atomic mass is 35.5. The summed E-state index contributed by atoms with van der Waals surface area (Å²) in [5.74, 6) is 3.90. The molecule has 0 amide bonds. The highest BCUT2D eigenvalue weighted by Crippen LogP contribution is 2.41. The third-order valence-electron chi connectivity index (χ3n) is 16.0. The second kappa shape index (κ2) is 34.0. The average Bonchev–Trinajstić information content (AvgIpc) is 1.04. The Morgan fingerprint density at radius 2 is 0.691 bits per heavy atom. The first kappa shape index (κ1) is 74.8. The molecule has 0 saturated carbocycles. The van der Waals surface area contributed by atoms with Gasteiger partial charge < -0.3 is 40.5 Å². The summed E-state index contributed by atoms with van der Waals surface area (Å²) in [6, 6.07) is 55.5. The zero-order valence-electron chi connectivity index (χ0n) is 58.3. The summed E-state index contributed by atoms with van der Waals surface area (Å²) in [4.78, 5) is 21.5. The summed E-state index contributed by atoms with van der Waals surface area (Å²) in [5.41, 5.74) is 3.44. The number of benzene rings is 8. The third kappa shape index (κ3) is 18.3. The quantitative estimate of drug-likeness (QED) is 0.0329. The van der Waals surface area contributed by atoms with E-state index >= 15 is 0 Å². The topological polar surface area (TPSA) is 342 Å². The number of nitrogens with zero attached hydrogens (tertiary/aromatic N) is 18. The van der Waals surface area contributed by atoms with Gasteiger partial charge in [-0.3, -0.25) is 20.4 Å². The van der Waals surface area contributed by atoms with E-state index in [-0.39, 0.29) is 46.9 Å². The molecule has 110 heavy (non-hydrogen) atoms. The van der Waals surface area contributed by atoms with Crippen molar-refractivity contribution in [2.24, 2.45) is 0 Å². The number of H-pyrrole nitrogens is 4. The van der Waals surface area contributed by atoms with Crippen LogP contribution in [0.1, 0.15) is 11.1 Å². The number of hydrogen-bond acceptors (Lipinski definition) is 24. The number of aromatic amines is 4. The Hall–Kier alpha value is -13.4. The standard InChI is InChI=1S/C21H20F3N7O.C20H20ClN7O.C17H11F3N6.C16H11ClN6/c1-31(2)11-12-32-19-17(13-7-3-5-9-15(13)21(22,23)24)25-20(30-29-19)26-18-14-8-4-6-10-16(14)27-28-18;1-28(2)11-12-29-19-17(13-7-3-5-9-15(13)21)22-20(27-26-19)23-18-14-8-4-6-10-16(14)24-25-18;18-17(19,20)12-7-3-1-5-10(12)15-22-14(9-21-25-15)23-16-11-6-2-4-8-13(11)24-26-16;17-12-7-3-1-5-10(12)15-19-14(9-18-22-15)20-16-11-6-2-4-8-13(11)21-23-16/h3-10H,11-12H2,1-2H3,(H2,25,26,27,28,30);3-10H,11-12H2,1-2H3,(H2,22,23,24,25,27);1-9H,(H2,22,23,24,25,26);1-9H,(H2,19,20,21,22,23). The maximum atomic E-state index is 13.7. The number of ether oxygens (including phenoxy) is 2. The first-order valence-electron chi connectivity index (χ1n) is 33.4. The molecule has 8 heterocycles. The molecule has 8 aromatic heterocycles. The van der Waals surface area contributed by atoms with Crippen LogP contribution in [-0.2, 0) is 12.4 Å². The van der Waals surface area contributed by atoms with Gasteiger partial charge in [0.25, 0.3) is 11.8 Å². The Morgan fingerprint density at radius 3 is 1.09 bits per heavy atom. The maximum absolute atomic E-state index is 13.7. The largest absolute Gasteiger partial charge is 0.474 e. The molecular weight excluding hydrogens is 1470 g/mol. The van der Waals surface area contributed by atoms with Gasteiger partial charge in [-0.05, 0) is 107 Å². The molecule has 0 aliphatic rings. The van der Waals surface area contributed by atoms with Crippen LogP contribution < -0.4 is 30.7 Å². The summed E-state index contributed by atoms with van der Waals surface area (Å²) in [6.45, 7) is 1.95. The molecule has 0 aliphatic carbocycles. The molecule has 8 aromatic carbocycles. The average molecular weight is 1530 g/mol. The van der Waals surface area contributed by atoms with Gasteiger partial charge in [-0.25, -0.2) is 19.9 Å². The zero-order valence-corrected chi connectivity index (χ0v) is 59.9. The van der Waals surface area contributed by atoms with E-state index in [9.17, 15) is 26.3 Å². The van der Waals surface area contributed by atoms with Crippen molar-refractivity contribution in [3.8, 4) is 57.1 Å². The summed E-state index contributed by atoms with van der Waals surface area (Å²) in [7, 11) is 7.66. The Balaban J connectivity index is 0.000000130. The van der Waals surface area contributed by atoms with Crippen LogP contribution in [0.4, 0.5) is 73.1 Å². The van der Waals surface area contributed by atoms with Gasteiger partial charge in [-0.15, -0.1) is 30.6 Å². The van der Waals surface area contributed by atoms with Gasteiger partial charge in [0.1, 0.15) is 24.6 Å². The zero-order chi connectivity index (χ0) is 76.7. The van der Waals surface area contributed by atoms with Gasteiger partial charge >= 0.3 is 12.4 Å². The van der Waals surface area contributed by atoms with Crippen LogP contribution in [0.15, 0.2) is 207 Å². The summed E-state index contributed by atoms with van der Waals surface area (Å²) in [5, 5.41) is 77.3. The van der Waals surface area contributed by atoms with Crippen molar-refractivity contribution in [2.45, 2.75) is 12.4 Å². The van der Waals surface area contributed by atoms with Crippen molar-refractivity contribution < 1.29 is 35.8 Å². The molecule has 16 aromatic rings. The first-order valence-corrected chi connectivity index (χ1v) is 34.1. The van der Waals surface area contributed by atoms with E-state index in [2.05, 4.69) is 123 Å². The molecule has 28 nitrogen and oxygen atoms in total. The predicted molar refractivity (Wildman–Crippen MR) is 407 cm³/mol. The number of rotatable bonds is 20. The minimum atomic E-state index is -4.57. The number of nitrogens with one attached hydrogen (secondary N) is 8. The number of likely N-dealkylation sites (N-methyl/N-ethyl adjacent to an activating group) is 2. The molecule has 0 saturated heterocycles. The van der Waals surface area contributed by atoms with Crippen molar-refractivity contribution in [2.75, 3.05) is 75.8 Å². The van der Waals surface area contributed by atoms with Gasteiger partial charge in [0.15, 0.2) is 46.6 Å². The summed E-state index contributed by atoms with van der Waals surface area (Å²) >= 11 is 12.6. The molecule has 36 heteroatoms. The lowest BCUT2D eigenvalue weighted by molar-refractivity contribution is -0.137. The molecule has 0 spiro atoms. The number of fused-ring (bicyclic) bond motifs is 4. The minimum absolute atomic E-state index is 0.00538. The molecule has 16 rings (SSSR count). The van der Waals surface area contributed by atoms with Crippen LogP contribution in [0.25, 0.3) is 88.9 Å². The number of halogens is 8. The molecule has 556 valence electrons. The van der Waals surface area contributed by atoms with E-state index in [1.54, 1.807) is 18.3 Å². The van der Waals surface area contributed by atoms with E-state index in [0.717, 1.165) is 73.4 Å². The van der Waals surface area contributed by atoms with E-state index < -0.39 is 23.5 Å². The fourth-order valence-electron chi connectivity index (χ4n) is 10.7. The Labute approximate surface area is 630 Å². The molecule has 0 radical (unpaired) electrons. The van der Waals surface area contributed by atoms with Crippen LogP contribution in [0.2, 0.25) is 10.0 Å². The van der Waals surface area contributed by atoms with Crippen molar-refractivity contribution in [1.29, 1.82) is 0 Å². The van der Waals surface area contributed by atoms with E-state index in [1.165, 1.54) is 42.6 Å². The molecular formula is C74H62Cl2F6N26O2. The third-order valence-corrected chi connectivity index (χ3v) is 16.7. The van der Waals surface area contributed by atoms with Crippen LogP contribution in [0.5, 0.6) is 11.8 Å². The van der Waals surface area contributed by atoms with Crippen LogP contribution in [0, 0.1) is 0 Å². The maximum Gasteiger partial charge on any atom is 0.417 e. The normalized spacial score (nSPS) is 11.4. The number of anilines is 8. The van der Waals surface area contributed by atoms with Crippen molar-refractivity contribution in [1.82, 2.24) is 111 Å². The summed E-state index contributed by atoms with van der Waals surface area (Å²) < 4.78 is 92.1. The second-order valence-electron chi connectivity index (χ2n) is 24.2. The fraction of sp³-hybridized carbons (Fsp3) is 0.135. The number of hydrogen-bond donors (Lipinski definition) is 8. The lowest BCUT2D eigenvalue weighted by Crippen LogP contribution is -2.20. The fourth-order valence-corrected chi connectivity index (χ4v) is 11.2. The number of alkyl halides is 6. The highest BCUT2D eigenvalue weighted by Gasteiger charge is 2.36. The Bertz CT molecular complexity index is 5820. The van der Waals surface area contributed by atoms with Gasteiger partial charge in [0, 0.05) is 56.9 Å². The van der Waals surface area contributed by atoms with Gasteiger partial charge in [-0.1, -0.05) is 138 Å². The highest BCUT2D eigenvalue weighted by molar-refractivity contribution is 6.33. The van der Waals surface area contributed by atoms with Gasteiger partial charge in [0.05, 0.1) is 55.6 Å². The molecule has 0 fully saturated rings. The van der Waals surface area contributed by atoms with E-state index in [0.29, 0.717) is 75.6 Å². The van der Waals surface area contributed by atoms with Crippen LogP contribution in [-0.4, -0.2) is 166 Å². The second-order valence-corrected chi connectivity index (χ2v) is 25.0. The van der Waals surface area contributed by atoms with Crippen molar-refractivity contribution in [3.05, 3.63) is 228 Å². The Kier molecular flexibility index (Phi) is 23.1. The van der Waals surface area contributed by atoms with Gasteiger partial charge in [0.2, 0.25) is 11.9 Å². The molecule has 0 atom stereocenters. The smallest absolute Gasteiger partial charge is 0.417 e. The van der Waals surface area contributed by atoms with Crippen molar-refractivity contribution in [3.63, 3.8) is 0 Å². The molecule has 0 aliphatic heterocycles. The monoisotopic (exact) mass is 1530 g/mol.